The van der Waals surface area contributed by atoms with E-state index in [2.05, 4.69) is 32.6 Å². The first-order chi connectivity index (χ1) is 9.76. The van der Waals surface area contributed by atoms with Gasteiger partial charge in [-0.05, 0) is 61.7 Å². The summed E-state index contributed by atoms with van der Waals surface area (Å²) in [5.41, 5.74) is 6.45. The van der Waals surface area contributed by atoms with Crippen LogP contribution < -0.4 is 0 Å². The predicted octanol–water partition coefficient (Wildman–Crippen LogP) is 6.52. The van der Waals surface area contributed by atoms with Crippen molar-refractivity contribution in [3.63, 3.8) is 0 Å². The van der Waals surface area contributed by atoms with Gasteiger partial charge in [-0.2, -0.15) is 0 Å². The normalized spacial score (nSPS) is 21.9. The van der Waals surface area contributed by atoms with E-state index in [1.54, 1.807) is 22.3 Å². The lowest BCUT2D eigenvalue weighted by Gasteiger charge is -2.29. The van der Waals surface area contributed by atoms with Crippen molar-refractivity contribution < 1.29 is 0 Å². The van der Waals surface area contributed by atoms with Gasteiger partial charge in [-0.15, -0.1) is 0 Å². The summed E-state index contributed by atoms with van der Waals surface area (Å²) < 4.78 is 0. The van der Waals surface area contributed by atoms with Gasteiger partial charge in [0.05, 0.1) is 0 Å². The molecular formula is C20H30. The lowest BCUT2D eigenvalue weighted by Crippen LogP contribution is -2.13. The summed E-state index contributed by atoms with van der Waals surface area (Å²) in [7, 11) is 0. The van der Waals surface area contributed by atoms with Gasteiger partial charge >= 0.3 is 0 Å². The molecule has 0 aliphatic heterocycles. The zero-order valence-electron chi connectivity index (χ0n) is 13.4. The molecule has 0 unspecified atom stereocenters. The number of hydrogen-bond donors (Lipinski definition) is 0. The van der Waals surface area contributed by atoms with Crippen molar-refractivity contribution in [3.8, 4) is 0 Å². The summed E-state index contributed by atoms with van der Waals surface area (Å²) in [6.07, 6.45) is 18.7. The first-order valence-corrected chi connectivity index (χ1v) is 8.48. The Hall–Kier alpha value is -1.04. The molecule has 20 heavy (non-hydrogen) atoms. The highest BCUT2D eigenvalue weighted by atomic mass is 14.3. The molecule has 1 saturated carbocycles. The highest BCUT2D eigenvalue weighted by Gasteiger charge is 2.23. The van der Waals surface area contributed by atoms with Crippen LogP contribution >= 0.6 is 0 Å². The van der Waals surface area contributed by atoms with Crippen LogP contribution in [0.1, 0.15) is 71.6 Å². The first-order valence-electron chi connectivity index (χ1n) is 8.48. The highest BCUT2D eigenvalue weighted by molar-refractivity contribution is 5.46. The third-order valence-corrected chi connectivity index (χ3v) is 4.79. The molecule has 0 saturated heterocycles. The Bertz CT molecular complexity index is 425. The maximum Gasteiger partial charge on any atom is -0.0159 e. The maximum absolute atomic E-state index is 3.92. The Labute approximate surface area is 125 Å². The monoisotopic (exact) mass is 270 g/mol. The molecule has 0 nitrogen and oxygen atoms in total. The van der Waals surface area contributed by atoms with Crippen LogP contribution in [0, 0.1) is 5.92 Å². The van der Waals surface area contributed by atoms with Crippen LogP contribution in [0.5, 0.6) is 0 Å². The molecule has 0 aromatic carbocycles. The third kappa shape index (κ3) is 3.75. The summed E-state index contributed by atoms with van der Waals surface area (Å²) in [6.45, 7) is 8.50. The van der Waals surface area contributed by atoms with Crippen LogP contribution in [0.15, 0.2) is 47.1 Å². The summed E-state index contributed by atoms with van der Waals surface area (Å²) in [5.74, 6) is 0.819. The molecule has 0 radical (unpaired) electrons. The fourth-order valence-electron chi connectivity index (χ4n) is 3.76. The molecule has 0 N–H and O–H groups in total. The minimum Gasteiger partial charge on any atom is -0.0991 e. The van der Waals surface area contributed by atoms with Crippen LogP contribution in [0.2, 0.25) is 0 Å². The van der Waals surface area contributed by atoms with Crippen LogP contribution in [0.4, 0.5) is 0 Å². The van der Waals surface area contributed by atoms with Gasteiger partial charge in [0.25, 0.3) is 0 Å². The van der Waals surface area contributed by atoms with Crippen LogP contribution in [0.3, 0.4) is 0 Å². The minimum absolute atomic E-state index is 0.819. The number of hydrogen-bond acceptors (Lipinski definition) is 0. The second-order valence-electron chi connectivity index (χ2n) is 6.44. The second kappa shape index (κ2) is 7.67. The van der Waals surface area contributed by atoms with E-state index in [1.807, 2.05) is 6.08 Å². The molecule has 0 aromatic rings. The van der Waals surface area contributed by atoms with E-state index < -0.39 is 0 Å². The second-order valence-corrected chi connectivity index (χ2v) is 6.44. The molecule has 0 atom stereocenters. The molecule has 0 heteroatoms. The predicted molar refractivity (Wildman–Crippen MR) is 89.8 cm³/mol. The average molecular weight is 270 g/mol. The topological polar surface area (TPSA) is 0 Å². The third-order valence-electron chi connectivity index (χ3n) is 4.79. The SMILES string of the molecule is C=C/C=C(\CCC)C1=C(C2CCCCC2)C=C(C)CC1. The molecule has 0 amide bonds. The van der Waals surface area contributed by atoms with Crippen molar-refractivity contribution in [3.05, 3.63) is 47.1 Å². The molecule has 0 aromatic heterocycles. The van der Waals surface area contributed by atoms with E-state index in [0.29, 0.717) is 0 Å². The lowest BCUT2D eigenvalue weighted by molar-refractivity contribution is 0.404. The Morgan fingerprint density at radius 3 is 2.65 bits per heavy atom. The van der Waals surface area contributed by atoms with Crippen LogP contribution in [-0.4, -0.2) is 0 Å². The quantitative estimate of drug-likeness (QED) is 0.499. The van der Waals surface area contributed by atoms with E-state index in [1.165, 1.54) is 57.8 Å². The zero-order chi connectivity index (χ0) is 14.4. The van der Waals surface area contributed by atoms with Crippen LogP contribution in [-0.2, 0) is 0 Å². The molecule has 1 fully saturated rings. The van der Waals surface area contributed by atoms with Gasteiger partial charge in [-0.3, -0.25) is 0 Å². The molecule has 2 aliphatic carbocycles. The standard InChI is InChI=1S/C20H30/c1-4-9-17(10-5-2)19-14-13-16(3)15-20(19)18-11-7-6-8-12-18/h4,9,15,18H,1,5-8,10-14H2,2-3H3/b17-9+. The summed E-state index contributed by atoms with van der Waals surface area (Å²) in [5, 5.41) is 0. The van der Waals surface area contributed by atoms with Crippen molar-refractivity contribution in [2.45, 2.75) is 71.6 Å². The number of allylic oxidation sites excluding steroid dienone is 7. The van der Waals surface area contributed by atoms with Gasteiger partial charge < -0.3 is 0 Å². The lowest BCUT2D eigenvalue weighted by atomic mass is 9.76. The summed E-state index contributed by atoms with van der Waals surface area (Å²) in [4.78, 5) is 0. The Kier molecular flexibility index (Phi) is 5.88. The summed E-state index contributed by atoms with van der Waals surface area (Å²) in [6, 6.07) is 0. The highest BCUT2D eigenvalue weighted by Crippen LogP contribution is 2.39. The fourth-order valence-corrected chi connectivity index (χ4v) is 3.76. The van der Waals surface area contributed by atoms with Gasteiger partial charge in [-0.25, -0.2) is 0 Å². The Morgan fingerprint density at radius 2 is 2.00 bits per heavy atom. The molecule has 0 bridgehead atoms. The summed E-state index contributed by atoms with van der Waals surface area (Å²) >= 11 is 0. The fraction of sp³-hybridized carbons (Fsp3) is 0.600. The zero-order valence-corrected chi connectivity index (χ0v) is 13.4. The largest absolute Gasteiger partial charge is 0.0991 e. The van der Waals surface area contributed by atoms with Gasteiger partial charge in [-0.1, -0.05) is 63.0 Å². The van der Waals surface area contributed by atoms with Gasteiger partial charge in [0.2, 0.25) is 0 Å². The molecule has 2 aliphatic rings. The van der Waals surface area contributed by atoms with E-state index in [9.17, 15) is 0 Å². The van der Waals surface area contributed by atoms with Gasteiger partial charge in [0, 0.05) is 0 Å². The van der Waals surface area contributed by atoms with Crippen LogP contribution in [0.25, 0.3) is 0 Å². The van der Waals surface area contributed by atoms with E-state index in [4.69, 9.17) is 0 Å². The molecular weight excluding hydrogens is 240 g/mol. The van der Waals surface area contributed by atoms with Gasteiger partial charge in [0.15, 0.2) is 0 Å². The van der Waals surface area contributed by atoms with E-state index in [-0.39, 0.29) is 0 Å². The first kappa shape index (κ1) is 15.4. The minimum atomic E-state index is 0.819. The smallest absolute Gasteiger partial charge is 0.0159 e. The van der Waals surface area contributed by atoms with Crippen molar-refractivity contribution in [1.29, 1.82) is 0 Å². The van der Waals surface area contributed by atoms with Crippen molar-refractivity contribution >= 4 is 0 Å². The van der Waals surface area contributed by atoms with Crippen molar-refractivity contribution in [2.75, 3.05) is 0 Å². The average Bonchev–Trinajstić information content (AvgIpc) is 2.48. The molecule has 2 rings (SSSR count). The molecule has 0 heterocycles. The Balaban J connectivity index is 2.35. The van der Waals surface area contributed by atoms with E-state index in [0.717, 1.165) is 5.92 Å². The number of rotatable bonds is 5. The van der Waals surface area contributed by atoms with E-state index >= 15 is 0 Å². The van der Waals surface area contributed by atoms with Gasteiger partial charge in [0.1, 0.15) is 0 Å². The molecule has 0 spiro atoms. The van der Waals surface area contributed by atoms with Crippen molar-refractivity contribution in [2.24, 2.45) is 5.92 Å². The Morgan fingerprint density at radius 1 is 1.25 bits per heavy atom. The maximum atomic E-state index is 3.92. The van der Waals surface area contributed by atoms with Crippen molar-refractivity contribution in [1.82, 2.24) is 0 Å². The molecule has 110 valence electrons.